The van der Waals surface area contributed by atoms with Gasteiger partial charge in [0.25, 0.3) is 10.0 Å². The van der Waals surface area contributed by atoms with E-state index in [-0.39, 0.29) is 16.3 Å². The van der Waals surface area contributed by atoms with Crippen LogP contribution in [0.25, 0.3) is 0 Å². The summed E-state index contributed by atoms with van der Waals surface area (Å²) in [5.41, 5.74) is -0.0471. The molecule has 0 saturated heterocycles. The Morgan fingerprint density at radius 2 is 1.65 bits per heavy atom. The van der Waals surface area contributed by atoms with Crippen molar-refractivity contribution in [3.8, 4) is 11.5 Å². The number of ether oxygens (including phenoxy) is 2. The second-order valence-electron chi connectivity index (χ2n) is 4.56. The van der Waals surface area contributed by atoms with Crippen molar-refractivity contribution in [3.63, 3.8) is 0 Å². The molecule has 124 valence electrons. The highest BCUT2D eigenvalue weighted by Gasteiger charge is 2.27. The first-order valence-corrected chi connectivity index (χ1v) is 8.71. The first kappa shape index (κ1) is 17.6. The molecule has 5 nitrogen and oxygen atoms in total. The van der Waals surface area contributed by atoms with E-state index in [1.807, 2.05) is 0 Å². The van der Waals surface area contributed by atoms with Crippen LogP contribution in [0.1, 0.15) is 0 Å². The van der Waals surface area contributed by atoms with E-state index in [2.05, 4.69) is 15.9 Å². The molecule has 0 aliphatic rings. The van der Waals surface area contributed by atoms with Crippen LogP contribution in [0.15, 0.2) is 45.8 Å². The molecule has 0 aliphatic carbocycles. The first-order valence-electron chi connectivity index (χ1n) is 6.48. The van der Waals surface area contributed by atoms with Crippen molar-refractivity contribution in [3.05, 3.63) is 46.7 Å². The molecule has 0 amide bonds. The van der Waals surface area contributed by atoms with Crippen molar-refractivity contribution in [1.82, 2.24) is 0 Å². The van der Waals surface area contributed by atoms with Gasteiger partial charge in [-0.05, 0) is 34.1 Å². The Morgan fingerprint density at radius 3 is 2.22 bits per heavy atom. The van der Waals surface area contributed by atoms with Gasteiger partial charge in [0, 0.05) is 17.6 Å². The van der Waals surface area contributed by atoms with Gasteiger partial charge >= 0.3 is 0 Å². The van der Waals surface area contributed by atoms with Gasteiger partial charge in [0.2, 0.25) is 0 Å². The van der Waals surface area contributed by atoms with E-state index >= 15 is 0 Å². The Bertz CT molecular complexity index is 826. The molecule has 23 heavy (non-hydrogen) atoms. The monoisotopic (exact) mass is 403 g/mol. The van der Waals surface area contributed by atoms with Crippen LogP contribution in [0.5, 0.6) is 11.5 Å². The average molecular weight is 404 g/mol. The minimum Gasteiger partial charge on any atom is -0.493 e. The van der Waals surface area contributed by atoms with Crippen LogP contribution in [-0.4, -0.2) is 29.7 Å². The zero-order valence-corrected chi connectivity index (χ0v) is 15.1. The summed E-state index contributed by atoms with van der Waals surface area (Å²) in [7, 11) is 0.151. The lowest BCUT2D eigenvalue weighted by molar-refractivity contribution is 0.353. The summed E-state index contributed by atoms with van der Waals surface area (Å²) in [6, 6.07) is 8.46. The Hall–Kier alpha value is -1.80. The highest BCUT2D eigenvalue weighted by atomic mass is 79.9. The number of nitrogens with zero attached hydrogens (tertiary/aromatic N) is 1. The van der Waals surface area contributed by atoms with Crippen LogP contribution in [0.3, 0.4) is 0 Å². The van der Waals surface area contributed by atoms with E-state index in [1.54, 1.807) is 6.07 Å². The highest BCUT2D eigenvalue weighted by Crippen LogP contribution is 2.37. The summed E-state index contributed by atoms with van der Waals surface area (Å²) in [5, 5.41) is 0. The van der Waals surface area contributed by atoms with Crippen molar-refractivity contribution >= 4 is 31.6 Å². The van der Waals surface area contributed by atoms with E-state index in [9.17, 15) is 12.8 Å². The van der Waals surface area contributed by atoms with Gasteiger partial charge < -0.3 is 9.47 Å². The molecule has 0 bridgehead atoms. The van der Waals surface area contributed by atoms with Crippen LogP contribution < -0.4 is 13.8 Å². The Balaban J connectivity index is 2.58. The summed E-state index contributed by atoms with van der Waals surface area (Å²) >= 11 is 3.21. The average Bonchev–Trinajstić information content (AvgIpc) is 2.54. The zero-order chi connectivity index (χ0) is 17.2. The summed E-state index contributed by atoms with van der Waals surface area (Å²) in [6.07, 6.45) is 0. The maximum Gasteiger partial charge on any atom is 0.265 e. The number of sulfonamides is 1. The van der Waals surface area contributed by atoms with Crippen molar-refractivity contribution in [2.45, 2.75) is 4.90 Å². The fraction of sp³-hybridized carbons (Fsp3) is 0.200. The largest absolute Gasteiger partial charge is 0.493 e. The molecule has 8 heteroatoms. The molecule has 0 aromatic heterocycles. The van der Waals surface area contributed by atoms with Gasteiger partial charge in [-0.15, -0.1) is 0 Å². The highest BCUT2D eigenvalue weighted by molar-refractivity contribution is 9.10. The second-order valence-corrected chi connectivity index (χ2v) is 7.35. The molecule has 0 spiro atoms. The number of anilines is 1. The number of para-hydroxylation sites is 1. The zero-order valence-electron chi connectivity index (χ0n) is 12.7. The molecule has 0 unspecified atom stereocenters. The van der Waals surface area contributed by atoms with Crippen LogP contribution in [0.4, 0.5) is 10.1 Å². The summed E-state index contributed by atoms with van der Waals surface area (Å²) in [6.45, 7) is 0. The van der Waals surface area contributed by atoms with Gasteiger partial charge in [-0.1, -0.05) is 12.1 Å². The third kappa shape index (κ3) is 3.28. The van der Waals surface area contributed by atoms with Crippen LogP contribution in [0.2, 0.25) is 0 Å². The number of hydrogen-bond donors (Lipinski definition) is 0. The lowest BCUT2D eigenvalue weighted by atomic mass is 10.3. The van der Waals surface area contributed by atoms with E-state index in [4.69, 9.17) is 9.47 Å². The van der Waals surface area contributed by atoms with E-state index in [1.165, 1.54) is 51.6 Å². The topological polar surface area (TPSA) is 55.8 Å². The SMILES string of the molecule is COc1cc(Br)c(S(=O)(=O)N(C)c2ccccc2F)cc1OC. The Morgan fingerprint density at radius 1 is 1.09 bits per heavy atom. The Kier molecular flexibility index (Phi) is 5.16. The number of halogens is 2. The molecule has 2 rings (SSSR count). The predicted molar refractivity (Wildman–Crippen MR) is 89.2 cm³/mol. The summed E-state index contributed by atoms with van der Waals surface area (Å²) < 4.78 is 50.9. The van der Waals surface area contributed by atoms with E-state index in [0.717, 1.165) is 4.31 Å². The third-order valence-electron chi connectivity index (χ3n) is 3.27. The lowest BCUT2D eigenvalue weighted by Crippen LogP contribution is -2.27. The lowest BCUT2D eigenvalue weighted by Gasteiger charge is -2.21. The maximum atomic E-state index is 13.9. The first-order chi connectivity index (χ1) is 10.8. The predicted octanol–water partition coefficient (Wildman–Crippen LogP) is 3.43. The summed E-state index contributed by atoms with van der Waals surface area (Å²) in [5.74, 6) is 0.0123. The molecule has 0 N–H and O–H groups in total. The van der Waals surface area contributed by atoms with Gasteiger partial charge in [0.15, 0.2) is 11.5 Å². The molecule has 0 saturated carbocycles. The molecule has 2 aromatic carbocycles. The normalized spacial score (nSPS) is 11.2. The van der Waals surface area contributed by atoms with Crippen LogP contribution >= 0.6 is 15.9 Å². The van der Waals surface area contributed by atoms with Crippen LogP contribution in [0, 0.1) is 5.82 Å². The molecular weight excluding hydrogens is 389 g/mol. The van der Waals surface area contributed by atoms with Crippen molar-refractivity contribution < 1.29 is 22.3 Å². The molecule has 0 fully saturated rings. The number of hydrogen-bond acceptors (Lipinski definition) is 4. The van der Waals surface area contributed by atoms with Crippen LogP contribution in [-0.2, 0) is 10.0 Å². The van der Waals surface area contributed by atoms with Gasteiger partial charge in [0.1, 0.15) is 10.7 Å². The summed E-state index contributed by atoms with van der Waals surface area (Å²) in [4.78, 5) is -0.0547. The van der Waals surface area contributed by atoms with Crippen molar-refractivity contribution in [1.29, 1.82) is 0 Å². The van der Waals surface area contributed by atoms with Gasteiger partial charge in [-0.3, -0.25) is 4.31 Å². The molecule has 0 heterocycles. The number of rotatable bonds is 5. The fourth-order valence-corrected chi connectivity index (χ4v) is 4.22. The van der Waals surface area contributed by atoms with E-state index < -0.39 is 15.8 Å². The molecular formula is C15H15BrFNO4S. The minimum absolute atomic E-state index is 0.0471. The molecule has 2 aromatic rings. The number of benzene rings is 2. The fourth-order valence-electron chi connectivity index (χ4n) is 2.02. The number of methoxy groups -OCH3 is 2. The smallest absolute Gasteiger partial charge is 0.265 e. The molecule has 0 atom stereocenters. The van der Waals surface area contributed by atoms with Crippen molar-refractivity contribution in [2.24, 2.45) is 0 Å². The molecule has 0 aliphatic heterocycles. The van der Waals surface area contributed by atoms with Gasteiger partial charge in [-0.25, -0.2) is 12.8 Å². The quantitative estimate of drug-likeness (QED) is 0.767. The van der Waals surface area contributed by atoms with Crippen molar-refractivity contribution in [2.75, 3.05) is 25.6 Å². The second kappa shape index (κ2) is 6.76. The maximum absolute atomic E-state index is 13.9. The third-order valence-corrected chi connectivity index (χ3v) is 6.00. The Labute approximate surface area is 142 Å². The van der Waals surface area contributed by atoms with Gasteiger partial charge in [-0.2, -0.15) is 0 Å². The standard InChI is InChI=1S/C15H15BrFNO4S/c1-18(12-7-5-4-6-11(12)17)23(19,20)15-9-14(22-3)13(21-2)8-10(15)16/h4-9H,1-3H3. The molecule has 0 radical (unpaired) electrons. The van der Waals surface area contributed by atoms with E-state index in [0.29, 0.717) is 10.2 Å². The minimum atomic E-state index is -3.99. The van der Waals surface area contributed by atoms with Gasteiger partial charge in [0.05, 0.1) is 19.9 Å².